The van der Waals surface area contributed by atoms with Gasteiger partial charge in [0.2, 0.25) is 5.91 Å². The lowest BCUT2D eigenvalue weighted by Gasteiger charge is -2.09. The summed E-state index contributed by atoms with van der Waals surface area (Å²) in [6.07, 6.45) is 1.50. The Morgan fingerprint density at radius 3 is 2.71 bits per heavy atom. The third-order valence-corrected chi connectivity index (χ3v) is 1.83. The molecule has 14 heavy (non-hydrogen) atoms. The number of rotatable bonds is 3. The van der Waals surface area contributed by atoms with Gasteiger partial charge in [0.05, 0.1) is 0 Å². The Bertz CT molecular complexity index is 358. The van der Waals surface area contributed by atoms with Gasteiger partial charge in [-0.2, -0.15) is 5.10 Å². The highest BCUT2D eigenvalue weighted by Crippen LogP contribution is 1.96. The summed E-state index contributed by atoms with van der Waals surface area (Å²) < 4.78 is 1.42. The zero-order valence-electron chi connectivity index (χ0n) is 8.02. The first-order valence-electron chi connectivity index (χ1n) is 4.10. The second-order valence-electron chi connectivity index (χ2n) is 2.94. The quantitative estimate of drug-likeness (QED) is 0.651. The van der Waals surface area contributed by atoms with Crippen molar-refractivity contribution in [3.8, 4) is 0 Å². The molecule has 0 aliphatic rings. The van der Waals surface area contributed by atoms with E-state index in [1.54, 1.807) is 13.1 Å². The van der Waals surface area contributed by atoms with Gasteiger partial charge >= 0.3 is 0 Å². The summed E-state index contributed by atoms with van der Waals surface area (Å²) in [5.41, 5.74) is 5.39. The lowest BCUT2D eigenvalue weighted by atomic mass is 10.3. The van der Waals surface area contributed by atoms with E-state index in [4.69, 9.17) is 5.73 Å². The molecule has 0 saturated heterocycles. The number of carbonyl (C=O) groups excluding carboxylic acids is 2. The van der Waals surface area contributed by atoms with Gasteiger partial charge < -0.3 is 11.1 Å². The molecule has 0 radical (unpaired) electrons. The summed E-state index contributed by atoms with van der Waals surface area (Å²) in [4.78, 5) is 22.1. The fourth-order valence-electron chi connectivity index (χ4n) is 0.938. The van der Waals surface area contributed by atoms with E-state index in [9.17, 15) is 9.59 Å². The molecule has 2 amide bonds. The van der Waals surface area contributed by atoms with Crippen LogP contribution in [0, 0.1) is 0 Å². The second kappa shape index (κ2) is 3.91. The maximum Gasteiger partial charge on any atom is 0.270 e. The normalized spacial score (nSPS) is 12.1. The van der Waals surface area contributed by atoms with E-state index in [0.717, 1.165) is 0 Å². The Morgan fingerprint density at radius 1 is 1.64 bits per heavy atom. The van der Waals surface area contributed by atoms with Gasteiger partial charge in [-0.15, -0.1) is 0 Å². The van der Waals surface area contributed by atoms with Gasteiger partial charge in [-0.25, -0.2) is 0 Å². The molecule has 0 spiro atoms. The molecule has 1 heterocycles. The number of amides is 2. The molecule has 1 rings (SSSR count). The molecule has 0 bridgehead atoms. The van der Waals surface area contributed by atoms with Gasteiger partial charge in [-0.1, -0.05) is 0 Å². The third-order valence-electron chi connectivity index (χ3n) is 1.83. The lowest BCUT2D eigenvalue weighted by Crippen LogP contribution is -2.42. The molecule has 0 aromatic carbocycles. The van der Waals surface area contributed by atoms with E-state index < -0.39 is 11.9 Å². The number of hydrogen-bond donors (Lipinski definition) is 2. The molecule has 0 aliphatic carbocycles. The van der Waals surface area contributed by atoms with Crippen LogP contribution in [0.2, 0.25) is 0 Å². The van der Waals surface area contributed by atoms with Crippen molar-refractivity contribution < 1.29 is 9.59 Å². The SMILES string of the molecule is C[C@H](NC(=O)c1ccnn1C)C(N)=O. The van der Waals surface area contributed by atoms with Crippen LogP contribution >= 0.6 is 0 Å². The number of nitrogens with one attached hydrogen (secondary N) is 1. The summed E-state index contributed by atoms with van der Waals surface area (Å²) in [6, 6.07) is 0.876. The van der Waals surface area contributed by atoms with Crippen molar-refractivity contribution in [3.63, 3.8) is 0 Å². The van der Waals surface area contributed by atoms with Crippen molar-refractivity contribution in [2.45, 2.75) is 13.0 Å². The van der Waals surface area contributed by atoms with Crippen molar-refractivity contribution in [1.29, 1.82) is 0 Å². The molecule has 0 aliphatic heterocycles. The average Bonchev–Trinajstić information content (AvgIpc) is 2.51. The van der Waals surface area contributed by atoms with E-state index in [2.05, 4.69) is 10.4 Å². The zero-order chi connectivity index (χ0) is 10.7. The van der Waals surface area contributed by atoms with Crippen LogP contribution in [-0.4, -0.2) is 27.6 Å². The predicted octanol–water partition coefficient (Wildman–Crippen LogP) is -0.976. The maximum atomic E-state index is 11.5. The molecule has 6 nitrogen and oxygen atoms in total. The largest absolute Gasteiger partial charge is 0.368 e. The molecule has 3 N–H and O–H groups in total. The summed E-state index contributed by atoms with van der Waals surface area (Å²) in [5.74, 6) is -0.934. The van der Waals surface area contributed by atoms with Crippen LogP contribution in [0.15, 0.2) is 12.3 Å². The summed E-state index contributed by atoms with van der Waals surface area (Å²) in [7, 11) is 1.64. The van der Waals surface area contributed by atoms with Crippen molar-refractivity contribution in [2.24, 2.45) is 12.8 Å². The standard InChI is InChI=1S/C8H12N4O2/c1-5(7(9)13)11-8(14)6-3-4-10-12(6)2/h3-5H,1-2H3,(H2,9,13)(H,11,14)/t5-/m0/s1. The number of aromatic nitrogens is 2. The Labute approximate surface area is 81.1 Å². The molecule has 1 aromatic heterocycles. The van der Waals surface area contributed by atoms with Crippen LogP contribution in [0.4, 0.5) is 0 Å². The Kier molecular flexibility index (Phi) is 2.85. The first kappa shape index (κ1) is 10.2. The molecule has 1 atom stereocenters. The molecule has 0 saturated carbocycles. The summed E-state index contributed by atoms with van der Waals surface area (Å²) in [6.45, 7) is 1.52. The second-order valence-corrected chi connectivity index (χ2v) is 2.94. The van der Waals surface area contributed by atoms with Crippen molar-refractivity contribution in [1.82, 2.24) is 15.1 Å². The predicted molar refractivity (Wildman–Crippen MR) is 49.3 cm³/mol. The monoisotopic (exact) mass is 196 g/mol. The topological polar surface area (TPSA) is 90.0 Å². The third kappa shape index (κ3) is 2.09. The number of hydrogen-bond acceptors (Lipinski definition) is 3. The summed E-state index contributed by atoms with van der Waals surface area (Å²) in [5, 5.41) is 6.28. The minimum atomic E-state index is -0.683. The smallest absolute Gasteiger partial charge is 0.270 e. The zero-order valence-corrected chi connectivity index (χ0v) is 8.02. The fourth-order valence-corrected chi connectivity index (χ4v) is 0.938. The number of nitrogens with two attached hydrogens (primary N) is 1. The van der Waals surface area contributed by atoms with E-state index in [1.807, 2.05) is 0 Å². The minimum Gasteiger partial charge on any atom is -0.368 e. The van der Waals surface area contributed by atoms with Gasteiger partial charge in [0.25, 0.3) is 5.91 Å². The molecule has 6 heteroatoms. The molecule has 0 fully saturated rings. The number of nitrogens with zero attached hydrogens (tertiary/aromatic N) is 2. The van der Waals surface area contributed by atoms with E-state index >= 15 is 0 Å². The minimum absolute atomic E-state index is 0.365. The van der Waals surface area contributed by atoms with Crippen LogP contribution in [0.5, 0.6) is 0 Å². The Balaban J connectivity index is 2.69. The van der Waals surface area contributed by atoms with Crippen LogP contribution in [0.3, 0.4) is 0 Å². The molecule has 0 unspecified atom stereocenters. The highest BCUT2D eigenvalue weighted by atomic mass is 16.2. The van der Waals surface area contributed by atoms with Gasteiger partial charge in [0.15, 0.2) is 0 Å². The van der Waals surface area contributed by atoms with Gasteiger partial charge in [-0.3, -0.25) is 14.3 Å². The van der Waals surface area contributed by atoms with E-state index in [-0.39, 0.29) is 5.91 Å². The van der Waals surface area contributed by atoms with Crippen molar-refractivity contribution >= 4 is 11.8 Å². The van der Waals surface area contributed by atoms with Gasteiger partial charge in [-0.05, 0) is 13.0 Å². The van der Waals surface area contributed by atoms with Crippen molar-refractivity contribution in [2.75, 3.05) is 0 Å². The van der Waals surface area contributed by atoms with Gasteiger partial charge in [0.1, 0.15) is 11.7 Å². The lowest BCUT2D eigenvalue weighted by molar-refractivity contribution is -0.119. The van der Waals surface area contributed by atoms with Crippen LogP contribution in [0.25, 0.3) is 0 Å². The Hall–Kier alpha value is -1.85. The highest BCUT2D eigenvalue weighted by Gasteiger charge is 2.15. The number of primary amides is 1. The van der Waals surface area contributed by atoms with Crippen molar-refractivity contribution in [3.05, 3.63) is 18.0 Å². The van der Waals surface area contributed by atoms with Crippen LogP contribution in [-0.2, 0) is 11.8 Å². The molecular weight excluding hydrogens is 184 g/mol. The maximum absolute atomic E-state index is 11.5. The number of aryl methyl sites for hydroxylation is 1. The average molecular weight is 196 g/mol. The van der Waals surface area contributed by atoms with E-state index in [0.29, 0.717) is 5.69 Å². The fraction of sp³-hybridized carbons (Fsp3) is 0.375. The van der Waals surface area contributed by atoms with Crippen LogP contribution in [0.1, 0.15) is 17.4 Å². The summed E-state index contributed by atoms with van der Waals surface area (Å²) >= 11 is 0. The number of carbonyl (C=O) groups is 2. The molecule has 76 valence electrons. The molecular formula is C8H12N4O2. The van der Waals surface area contributed by atoms with E-state index in [1.165, 1.54) is 17.8 Å². The van der Waals surface area contributed by atoms with Gasteiger partial charge in [0, 0.05) is 13.2 Å². The first-order chi connectivity index (χ1) is 6.52. The van der Waals surface area contributed by atoms with Crippen LogP contribution < -0.4 is 11.1 Å². The molecule has 1 aromatic rings. The Morgan fingerprint density at radius 2 is 2.29 bits per heavy atom. The first-order valence-corrected chi connectivity index (χ1v) is 4.10. The highest BCUT2D eigenvalue weighted by molar-refractivity contribution is 5.95.